The number of methoxy groups -OCH3 is 1. The number of nitrogen functional groups attached to an aromatic ring is 2. The maximum atomic E-state index is 11.0. The number of hydrogen-bond donors (Lipinski definition) is 2. The number of ether oxygens (including phenoxy) is 1. The van der Waals surface area contributed by atoms with Gasteiger partial charge in [0.1, 0.15) is 18.2 Å². The SMILES string of the molecule is COC(=O)CN(C)c1cc(N)nc(N)n1. The van der Waals surface area contributed by atoms with Gasteiger partial charge in [-0.25, -0.2) is 0 Å². The Balaban J connectivity index is 2.81. The molecule has 7 heteroatoms. The van der Waals surface area contributed by atoms with E-state index in [9.17, 15) is 4.79 Å². The zero-order chi connectivity index (χ0) is 11.4. The summed E-state index contributed by atoms with van der Waals surface area (Å²) in [7, 11) is 3.00. The summed E-state index contributed by atoms with van der Waals surface area (Å²) in [4.78, 5) is 20.2. The Morgan fingerprint density at radius 3 is 2.73 bits per heavy atom. The Labute approximate surface area is 87.0 Å². The quantitative estimate of drug-likeness (QED) is 0.633. The summed E-state index contributed by atoms with van der Waals surface area (Å²) in [6.07, 6.45) is 0. The van der Waals surface area contributed by atoms with Crippen LogP contribution in [-0.2, 0) is 9.53 Å². The Kier molecular flexibility index (Phi) is 3.27. The molecule has 1 heterocycles. The van der Waals surface area contributed by atoms with Gasteiger partial charge in [-0.3, -0.25) is 4.79 Å². The number of esters is 1. The number of carbonyl (C=O) groups excluding carboxylic acids is 1. The topological polar surface area (TPSA) is 107 Å². The highest BCUT2D eigenvalue weighted by molar-refractivity contribution is 5.75. The molecule has 0 aromatic carbocycles. The highest BCUT2D eigenvalue weighted by Gasteiger charge is 2.09. The third kappa shape index (κ3) is 2.97. The monoisotopic (exact) mass is 211 g/mol. The molecule has 1 aromatic rings. The summed E-state index contributed by atoms with van der Waals surface area (Å²) in [6, 6.07) is 1.53. The van der Waals surface area contributed by atoms with Gasteiger partial charge in [0.15, 0.2) is 0 Å². The second kappa shape index (κ2) is 4.45. The van der Waals surface area contributed by atoms with Gasteiger partial charge in [-0.05, 0) is 0 Å². The molecule has 0 aliphatic carbocycles. The molecule has 1 rings (SSSR count). The van der Waals surface area contributed by atoms with E-state index in [1.54, 1.807) is 11.9 Å². The molecule has 0 radical (unpaired) electrons. The Bertz CT molecular complexity index is 348. The average Bonchev–Trinajstić information content (AvgIpc) is 2.16. The molecule has 4 N–H and O–H groups in total. The van der Waals surface area contributed by atoms with Gasteiger partial charge in [-0.1, -0.05) is 0 Å². The number of anilines is 3. The molecular weight excluding hydrogens is 198 g/mol. The summed E-state index contributed by atoms with van der Waals surface area (Å²) in [5.41, 5.74) is 10.9. The third-order valence-corrected chi connectivity index (χ3v) is 1.73. The number of carbonyl (C=O) groups is 1. The van der Waals surface area contributed by atoms with Crippen LogP contribution in [-0.4, -0.2) is 36.6 Å². The van der Waals surface area contributed by atoms with Crippen molar-refractivity contribution in [3.8, 4) is 0 Å². The maximum Gasteiger partial charge on any atom is 0.325 e. The van der Waals surface area contributed by atoms with Gasteiger partial charge in [0.25, 0.3) is 0 Å². The van der Waals surface area contributed by atoms with Gasteiger partial charge in [-0.2, -0.15) is 9.97 Å². The Hall–Kier alpha value is -2.05. The van der Waals surface area contributed by atoms with Crippen LogP contribution < -0.4 is 16.4 Å². The highest BCUT2D eigenvalue weighted by atomic mass is 16.5. The summed E-state index contributed by atoms with van der Waals surface area (Å²) < 4.78 is 4.52. The van der Waals surface area contributed by atoms with Crippen LogP contribution >= 0.6 is 0 Å². The second-order valence-corrected chi connectivity index (χ2v) is 2.94. The second-order valence-electron chi connectivity index (χ2n) is 2.94. The standard InChI is InChI=1S/C8H13N5O2/c1-13(4-7(14)15-2)6-3-5(9)11-8(10)12-6/h3H,4H2,1-2H3,(H4,9,10,11,12). The summed E-state index contributed by atoms with van der Waals surface area (Å²) in [6.45, 7) is 0.0758. The van der Waals surface area contributed by atoms with E-state index in [0.717, 1.165) is 0 Å². The molecule has 0 saturated carbocycles. The van der Waals surface area contributed by atoms with Crippen molar-refractivity contribution < 1.29 is 9.53 Å². The van der Waals surface area contributed by atoms with E-state index in [-0.39, 0.29) is 24.3 Å². The third-order valence-electron chi connectivity index (χ3n) is 1.73. The number of likely N-dealkylation sites (N-methyl/N-ethyl adjacent to an activating group) is 1. The van der Waals surface area contributed by atoms with Crippen molar-refractivity contribution in [2.24, 2.45) is 0 Å². The fraction of sp³-hybridized carbons (Fsp3) is 0.375. The van der Waals surface area contributed by atoms with E-state index in [0.29, 0.717) is 5.82 Å². The molecule has 0 atom stereocenters. The van der Waals surface area contributed by atoms with E-state index < -0.39 is 0 Å². The van der Waals surface area contributed by atoms with Gasteiger partial charge < -0.3 is 21.1 Å². The molecular formula is C8H13N5O2. The first-order valence-corrected chi connectivity index (χ1v) is 4.21. The lowest BCUT2D eigenvalue weighted by Gasteiger charge is -2.16. The molecule has 0 spiro atoms. The molecule has 0 aliphatic heterocycles. The van der Waals surface area contributed by atoms with Crippen molar-refractivity contribution in [1.29, 1.82) is 0 Å². The fourth-order valence-corrected chi connectivity index (χ4v) is 1.01. The molecule has 0 aliphatic rings. The number of nitrogens with two attached hydrogens (primary N) is 2. The predicted molar refractivity (Wildman–Crippen MR) is 56.1 cm³/mol. The van der Waals surface area contributed by atoms with Gasteiger partial charge in [0.2, 0.25) is 5.95 Å². The first-order chi connectivity index (χ1) is 7.02. The molecule has 0 unspecified atom stereocenters. The molecule has 1 aromatic heterocycles. The summed E-state index contributed by atoms with van der Waals surface area (Å²) in [5.74, 6) is 0.439. The van der Waals surface area contributed by atoms with E-state index >= 15 is 0 Å². The number of aromatic nitrogens is 2. The van der Waals surface area contributed by atoms with Gasteiger partial charge in [0, 0.05) is 13.1 Å². The minimum absolute atomic E-state index is 0.0710. The first-order valence-electron chi connectivity index (χ1n) is 4.21. The molecule has 0 bridgehead atoms. The lowest BCUT2D eigenvalue weighted by Crippen LogP contribution is -2.27. The lowest BCUT2D eigenvalue weighted by atomic mass is 10.4. The van der Waals surface area contributed by atoms with Crippen molar-refractivity contribution in [2.75, 3.05) is 37.1 Å². The molecule has 0 saturated heterocycles. The number of hydrogen-bond acceptors (Lipinski definition) is 7. The minimum Gasteiger partial charge on any atom is -0.468 e. The van der Waals surface area contributed by atoms with Gasteiger partial charge in [0.05, 0.1) is 7.11 Å². The molecule has 82 valence electrons. The minimum atomic E-state index is -0.367. The molecule has 0 fully saturated rings. The fourth-order valence-electron chi connectivity index (χ4n) is 1.01. The van der Waals surface area contributed by atoms with Crippen molar-refractivity contribution >= 4 is 23.6 Å². The number of nitrogens with zero attached hydrogens (tertiary/aromatic N) is 3. The van der Waals surface area contributed by atoms with Crippen LogP contribution in [0.3, 0.4) is 0 Å². The molecule has 15 heavy (non-hydrogen) atoms. The number of rotatable bonds is 3. The van der Waals surface area contributed by atoms with Crippen LogP contribution in [0.4, 0.5) is 17.6 Å². The summed E-state index contributed by atoms with van der Waals surface area (Å²) in [5, 5.41) is 0. The summed E-state index contributed by atoms with van der Waals surface area (Å²) >= 11 is 0. The van der Waals surface area contributed by atoms with Crippen LogP contribution in [0.15, 0.2) is 6.07 Å². The smallest absolute Gasteiger partial charge is 0.325 e. The van der Waals surface area contributed by atoms with E-state index in [1.807, 2.05) is 0 Å². The van der Waals surface area contributed by atoms with Crippen molar-refractivity contribution in [1.82, 2.24) is 9.97 Å². The van der Waals surface area contributed by atoms with Crippen molar-refractivity contribution in [3.63, 3.8) is 0 Å². The first kappa shape index (κ1) is 11.0. The van der Waals surface area contributed by atoms with E-state index in [1.165, 1.54) is 13.2 Å². The van der Waals surface area contributed by atoms with Crippen LogP contribution in [0, 0.1) is 0 Å². The Morgan fingerprint density at radius 1 is 1.53 bits per heavy atom. The normalized spacial score (nSPS) is 9.73. The largest absolute Gasteiger partial charge is 0.468 e. The average molecular weight is 211 g/mol. The zero-order valence-corrected chi connectivity index (χ0v) is 8.60. The molecule has 0 amide bonds. The van der Waals surface area contributed by atoms with Gasteiger partial charge >= 0.3 is 5.97 Å². The van der Waals surface area contributed by atoms with Crippen LogP contribution in [0.2, 0.25) is 0 Å². The van der Waals surface area contributed by atoms with E-state index in [2.05, 4.69) is 14.7 Å². The maximum absolute atomic E-state index is 11.0. The van der Waals surface area contributed by atoms with Crippen LogP contribution in [0.5, 0.6) is 0 Å². The predicted octanol–water partition coefficient (Wildman–Crippen LogP) is -0.750. The lowest BCUT2D eigenvalue weighted by molar-refractivity contribution is -0.138. The molecule has 7 nitrogen and oxygen atoms in total. The van der Waals surface area contributed by atoms with Crippen LogP contribution in [0.1, 0.15) is 0 Å². The zero-order valence-electron chi connectivity index (χ0n) is 8.60. The van der Waals surface area contributed by atoms with Gasteiger partial charge in [-0.15, -0.1) is 0 Å². The van der Waals surface area contributed by atoms with Crippen molar-refractivity contribution in [3.05, 3.63) is 6.07 Å². The highest BCUT2D eigenvalue weighted by Crippen LogP contribution is 2.12. The van der Waals surface area contributed by atoms with Crippen LogP contribution in [0.25, 0.3) is 0 Å². The van der Waals surface area contributed by atoms with Crippen molar-refractivity contribution in [2.45, 2.75) is 0 Å². The van der Waals surface area contributed by atoms with E-state index in [4.69, 9.17) is 11.5 Å². The Morgan fingerprint density at radius 2 is 2.20 bits per heavy atom.